The molecular formula is C11H10BrClN2O. The van der Waals surface area contributed by atoms with Crippen molar-refractivity contribution >= 4 is 27.5 Å². The van der Waals surface area contributed by atoms with Crippen LogP contribution >= 0.6 is 27.5 Å². The molecule has 2 heterocycles. The highest BCUT2D eigenvalue weighted by Crippen LogP contribution is 2.29. The molecule has 2 rings (SSSR count). The summed E-state index contributed by atoms with van der Waals surface area (Å²) in [5.74, 6) is 1.12. The summed E-state index contributed by atoms with van der Waals surface area (Å²) in [5, 5.41) is 0.494. The topological polar surface area (TPSA) is 38.9 Å². The van der Waals surface area contributed by atoms with Gasteiger partial charge in [-0.1, -0.05) is 18.5 Å². The fourth-order valence-corrected chi connectivity index (χ4v) is 2.25. The van der Waals surface area contributed by atoms with Crippen molar-refractivity contribution in [1.29, 1.82) is 0 Å². The van der Waals surface area contributed by atoms with Gasteiger partial charge in [0.1, 0.15) is 5.15 Å². The lowest BCUT2D eigenvalue weighted by Gasteiger charge is -2.06. The van der Waals surface area contributed by atoms with Crippen LogP contribution in [0.1, 0.15) is 18.2 Å². The van der Waals surface area contributed by atoms with Crippen LogP contribution in [0.25, 0.3) is 11.6 Å². The highest BCUT2D eigenvalue weighted by Gasteiger charge is 2.14. The molecule has 0 amide bonds. The first kappa shape index (κ1) is 11.6. The van der Waals surface area contributed by atoms with Gasteiger partial charge in [0, 0.05) is 11.3 Å². The molecule has 0 aliphatic rings. The minimum Gasteiger partial charge on any atom is -0.460 e. The van der Waals surface area contributed by atoms with Gasteiger partial charge < -0.3 is 4.42 Å². The molecule has 0 aromatic carbocycles. The highest BCUT2D eigenvalue weighted by molar-refractivity contribution is 9.10. The Labute approximate surface area is 107 Å². The molecule has 0 saturated heterocycles. The molecule has 0 N–H and O–H groups in total. The Bertz CT molecular complexity index is 501. The number of nitrogens with zero attached hydrogens (tertiary/aromatic N) is 2. The maximum atomic E-state index is 6.10. The van der Waals surface area contributed by atoms with Crippen LogP contribution in [0.15, 0.2) is 21.2 Å². The lowest BCUT2D eigenvalue weighted by atomic mass is 10.2. The molecule has 16 heavy (non-hydrogen) atoms. The number of aryl methyl sites for hydroxylation is 1. The van der Waals surface area contributed by atoms with Crippen molar-refractivity contribution in [2.75, 3.05) is 0 Å². The number of aromatic nitrogens is 2. The minimum absolute atomic E-state index is 0.494. The molecule has 0 aliphatic heterocycles. The average Bonchev–Trinajstić information content (AvgIpc) is 2.64. The van der Waals surface area contributed by atoms with Gasteiger partial charge >= 0.3 is 0 Å². The zero-order valence-electron chi connectivity index (χ0n) is 8.92. The predicted molar refractivity (Wildman–Crippen MR) is 66.6 cm³/mol. The van der Waals surface area contributed by atoms with Crippen LogP contribution in [0.3, 0.4) is 0 Å². The largest absolute Gasteiger partial charge is 0.460 e. The van der Waals surface area contributed by atoms with Crippen LogP contribution in [0.5, 0.6) is 0 Å². The predicted octanol–water partition coefficient (Wildman–Crippen LogP) is 4.02. The van der Waals surface area contributed by atoms with Crippen molar-refractivity contribution in [1.82, 2.24) is 9.97 Å². The van der Waals surface area contributed by atoms with E-state index in [9.17, 15) is 0 Å². The van der Waals surface area contributed by atoms with E-state index in [-0.39, 0.29) is 0 Å². The Kier molecular flexibility index (Phi) is 3.30. The van der Waals surface area contributed by atoms with Crippen LogP contribution in [0.2, 0.25) is 5.15 Å². The van der Waals surface area contributed by atoms with Gasteiger partial charge in [0.25, 0.3) is 0 Å². The van der Waals surface area contributed by atoms with Crippen LogP contribution in [0, 0.1) is 6.92 Å². The first-order valence-corrected chi connectivity index (χ1v) is 6.07. The molecule has 0 fully saturated rings. The van der Waals surface area contributed by atoms with Gasteiger partial charge in [-0.3, -0.25) is 0 Å². The van der Waals surface area contributed by atoms with E-state index in [1.54, 1.807) is 12.3 Å². The first-order valence-electron chi connectivity index (χ1n) is 4.89. The molecular weight excluding hydrogens is 291 g/mol. The fourth-order valence-electron chi connectivity index (χ4n) is 1.52. The Morgan fingerprint density at radius 3 is 2.69 bits per heavy atom. The van der Waals surface area contributed by atoms with Crippen LogP contribution in [0.4, 0.5) is 0 Å². The molecule has 2 aromatic heterocycles. The summed E-state index contributed by atoms with van der Waals surface area (Å²) in [6.07, 6.45) is 2.41. The van der Waals surface area contributed by atoms with Crippen LogP contribution in [-0.2, 0) is 6.42 Å². The number of halogens is 2. The quantitative estimate of drug-likeness (QED) is 0.786. The maximum Gasteiger partial charge on any atom is 0.198 e. The van der Waals surface area contributed by atoms with Crippen molar-refractivity contribution in [3.05, 3.63) is 33.2 Å². The number of furan rings is 1. The van der Waals surface area contributed by atoms with Crippen molar-refractivity contribution in [2.24, 2.45) is 0 Å². The SMILES string of the molecule is CCc1c(C)nc(-c2occc2Br)nc1Cl. The normalized spacial score (nSPS) is 10.8. The van der Waals surface area contributed by atoms with Gasteiger partial charge in [0.15, 0.2) is 11.6 Å². The second kappa shape index (κ2) is 4.55. The lowest BCUT2D eigenvalue weighted by Crippen LogP contribution is -1.98. The maximum absolute atomic E-state index is 6.10. The van der Waals surface area contributed by atoms with Gasteiger partial charge in [-0.15, -0.1) is 0 Å². The second-order valence-corrected chi connectivity index (χ2v) is 4.57. The highest BCUT2D eigenvalue weighted by atomic mass is 79.9. The van der Waals surface area contributed by atoms with E-state index in [1.165, 1.54) is 0 Å². The molecule has 0 spiro atoms. The van der Waals surface area contributed by atoms with E-state index in [2.05, 4.69) is 25.9 Å². The molecule has 0 radical (unpaired) electrons. The average molecular weight is 302 g/mol. The van der Waals surface area contributed by atoms with E-state index in [0.29, 0.717) is 16.7 Å². The lowest BCUT2D eigenvalue weighted by molar-refractivity contribution is 0.575. The fraction of sp³-hybridized carbons (Fsp3) is 0.273. The summed E-state index contributed by atoms with van der Waals surface area (Å²) in [5.41, 5.74) is 1.87. The zero-order valence-corrected chi connectivity index (χ0v) is 11.3. The zero-order chi connectivity index (χ0) is 11.7. The number of hydrogen-bond acceptors (Lipinski definition) is 3. The summed E-state index contributed by atoms with van der Waals surface area (Å²) in [7, 11) is 0. The van der Waals surface area contributed by atoms with Crippen molar-refractivity contribution in [2.45, 2.75) is 20.3 Å². The number of hydrogen-bond donors (Lipinski definition) is 0. The van der Waals surface area contributed by atoms with E-state index in [0.717, 1.165) is 22.2 Å². The number of rotatable bonds is 2. The van der Waals surface area contributed by atoms with Crippen molar-refractivity contribution in [3.63, 3.8) is 0 Å². The Morgan fingerprint density at radius 1 is 1.44 bits per heavy atom. The summed E-state index contributed by atoms with van der Waals surface area (Å²) in [4.78, 5) is 8.63. The molecule has 5 heteroatoms. The van der Waals surface area contributed by atoms with Crippen molar-refractivity contribution in [3.8, 4) is 11.6 Å². The molecule has 2 aromatic rings. The van der Waals surface area contributed by atoms with E-state index in [4.69, 9.17) is 16.0 Å². The summed E-state index contributed by atoms with van der Waals surface area (Å²) >= 11 is 9.47. The standard InChI is InChI=1S/C11H10BrClN2O/c1-3-7-6(2)14-11(15-10(7)13)9-8(12)4-5-16-9/h4-5H,3H2,1-2H3. The van der Waals surface area contributed by atoms with E-state index < -0.39 is 0 Å². The van der Waals surface area contributed by atoms with E-state index in [1.807, 2.05) is 13.8 Å². The van der Waals surface area contributed by atoms with Gasteiger partial charge in [-0.2, -0.15) is 0 Å². The smallest absolute Gasteiger partial charge is 0.198 e. The second-order valence-electron chi connectivity index (χ2n) is 3.35. The Morgan fingerprint density at radius 2 is 2.19 bits per heavy atom. The van der Waals surface area contributed by atoms with Crippen molar-refractivity contribution < 1.29 is 4.42 Å². The van der Waals surface area contributed by atoms with Gasteiger partial charge in [-0.05, 0) is 35.3 Å². The first-order chi connectivity index (χ1) is 7.63. The van der Waals surface area contributed by atoms with Gasteiger partial charge in [0.05, 0.1) is 10.7 Å². The molecule has 0 atom stereocenters. The Balaban J connectivity index is 2.57. The summed E-state index contributed by atoms with van der Waals surface area (Å²) < 4.78 is 6.13. The van der Waals surface area contributed by atoms with Gasteiger partial charge in [-0.25, -0.2) is 9.97 Å². The minimum atomic E-state index is 0.494. The molecule has 0 bridgehead atoms. The third-order valence-electron chi connectivity index (χ3n) is 2.34. The molecule has 0 saturated carbocycles. The van der Waals surface area contributed by atoms with E-state index >= 15 is 0 Å². The summed E-state index contributed by atoms with van der Waals surface area (Å²) in [6.45, 7) is 3.95. The third-order valence-corrected chi connectivity index (χ3v) is 3.27. The molecule has 3 nitrogen and oxygen atoms in total. The van der Waals surface area contributed by atoms with Crippen LogP contribution < -0.4 is 0 Å². The third kappa shape index (κ3) is 1.99. The molecule has 0 unspecified atom stereocenters. The van der Waals surface area contributed by atoms with Gasteiger partial charge in [0.2, 0.25) is 0 Å². The molecule has 84 valence electrons. The monoisotopic (exact) mass is 300 g/mol. The Hall–Kier alpha value is -0.870. The summed E-state index contributed by atoms with van der Waals surface area (Å²) in [6, 6.07) is 1.80. The molecule has 0 aliphatic carbocycles. The van der Waals surface area contributed by atoms with Crippen LogP contribution in [-0.4, -0.2) is 9.97 Å².